The molecule has 1 aromatic carbocycles. The van der Waals surface area contributed by atoms with E-state index in [0.29, 0.717) is 25.3 Å². The summed E-state index contributed by atoms with van der Waals surface area (Å²) in [7, 11) is 0. The van der Waals surface area contributed by atoms with Gasteiger partial charge in [-0.05, 0) is 30.9 Å². The maximum Gasteiger partial charge on any atom is 0.303 e. The van der Waals surface area contributed by atoms with Crippen LogP contribution < -0.4 is 10.5 Å². The summed E-state index contributed by atoms with van der Waals surface area (Å²) in [6, 6.07) is 5.97. The Morgan fingerprint density at radius 2 is 2.24 bits per heavy atom. The first-order chi connectivity index (χ1) is 9.92. The molecule has 0 amide bonds. The van der Waals surface area contributed by atoms with Crippen molar-refractivity contribution in [3.8, 4) is 5.75 Å². The second kappa shape index (κ2) is 8.21. The van der Waals surface area contributed by atoms with Crippen molar-refractivity contribution in [1.29, 1.82) is 0 Å². The molecule has 0 heterocycles. The smallest absolute Gasteiger partial charge is 0.303 e. The van der Waals surface area contributed by atoms with Gasteiger partial charge >= 0.3 is 5.97 Å². The number of aliphatic carboxylic acids is 1. The molecule has 2 unspecified atom stereocenters. The third-order valence-electron chi connectivity index (χ3n) is 3.10. The molecule has 1 rings (SSSR count). The molecule has 0 aliphatic heterocycles. The first-order valence-electron chi connectivity index (χ1n) is 6.71. The van der Waals surface area contributed by atoms with Crippen LogP contribution in [0.5, 0.6) is 5.75 Å². The molecule has 3 N–H and O–H groups in total. The van der Waals surface area contributed by atoms with Crippen LogP contribution >= 0.6 is 0 Å². The Balaban J connectivity index is 2.48. The van der Waals surface area contributed by atoms with Gasteiger partial charge in [-0.15, -0.1) is 0 Å². The SMILES string of the molecule is CC(COc1cccc([N+](=O)[O-])c1)CC(CN)CC(=O)O. The predicted molar refractivity (Wildman–Crippen MR) is 77.2 cm³/mol. The van der Waals surface area contributed by atoms with E-state index in [1.807, 2.05) is 6.92 Å². The lowest BCUT2D eigenvalue weighted by molar-refractivity contribution is -0.384. The number of nitro benzene ring substituents is 1. The Labute approximate surface area is 122 Å². The van der Waals surface area contributed by atoms with E-state index in [9.17, 15) is 14.9 Å². The molecule has 0 saturated heterocycles. The lowest BCUT2D eigenvalue weighted by Crippen LogP contribution is -2.22. The second-order valence-electron chi connectivity index (χ2n) is 5.11. The number of non-ortho nitro benzene ring substituents is 1. The summed E-state index contributed by atoms with van der Waals surface area (Å²) in [6.45, 7) is 2.60. The molecular weight excluding hydrogens is 276 g/mol. The van der Waals surface area contributed by atoms with Gasteiger partial charge in [0.2, 0.25) is 0 Å². The highest BCUT2D eigenvalue weighted by atomic mass is 16.6. The Morgan fingerprint density at radius 1 is 1.52 bits per heavy atom. The summed E-state index contributed by atoms with van der Waals surface area (Å²) in [5.41, 5.74) is 5.53. The Morgan fingerprint density at radius 3 is 2.81 bits per heavy atom. The van der Waals surface area contributed by atoms with E-state index < -0.39 is 10.9 Å². The van der Waals surface area contributed by atoms with Crippen molar-refractivity contribution in [2.24, 2.45) is 17.6 Å². The number of benzene rings is 1. The highest BCUT2D eigenvalue weighted by Gasteiger charge is 2.16. The molecule has 2 atom stereocenters. The molecule has 0 fully saturated rings. The van der Waals surface area contributed by atoms with Crippen molar-refractivity contribution in [3.05, 3.63) is 34.4 Å². The van der Waals surface area contributed by atoms with Crippen molar-refractivity contribution in [1.82, 2.24) is 0 Å². The van der Waals surface area contributed by atoms with Gasteiger partial charge in [-0.2, -0.15) is 0 Å². The number of nitrogens with zero attached hydrogens (tertiary/aromatic N) is 1. The fourth-order valence-corrected chi connectivity index (χ4v) is 2.07. The van der Waals surface area contributed by atoms with E-state index >= 15 is 0 Å². The minimum absolute atomic E-state index is 0.0223. The summed E-state index contributed by atoms with van der Waals surface area (Å²) < 4.78 is 5.52. The van der Waals surface area contributed by atoms with Gasteiger partial charge in [0.05, 0.1) is 17.6 Å². The van der Waals surface area contributed by atoms with Crippen molar-refractivity contribution < 1.29 is 19.6 Å². The van der Waals surface area contributed by atoms with Crippen LogP contribution in [0.15, 0.2) is 24.3 Å². The first-order valence-corrected chi connectivity index (χ1v) is 6.71. The monoisotopic (exact) mass is 296 g/mol. The molecule has 116 valence electrons. The number of rotatable bonds is 9. The van der Waals surface area contributed by atoms with Gasteiger partial charge in [-0.3, -0.25) is 14.9 Å². The van der Waals surface area contributed by atoms with Gasteiger partial charge in [-0.25, -0.2) is 0 Å². The van der Waals surface area contributed by atoms with E-state index in [-0.39, 0.29) is 23.9 Å². The zero-order chi connectivity index (χ0) is 15.8. The van der Waals surface area contributed by atoms with Gasteiger partial charge < -0.3 is 15.6 Å². The molecule has 0 spiro atoms. The Bertz CT molecular complexity index is 492. The molecule has 1 aromatic rings. The molecule has 0 aliphatic rings. The standard InChI is InChI=1S/C14H20N2O5/c1-10(5-11(8-15)6-14(17)18)9-21-13-4-2-3-12(7-13)16(19)20/h2-4,7,10-11H,5-6,8-9,15H2,1H3,(H,17,18). The van der Waals surface area contributed by atoms with Gasteiger partial charge in [-0.1, -0.05) is 13.0 Å². The molecule has 7 heteroatoms. The molecule has 21 heavy (non-hydrogen) atoms. The van der Waals surface area contributed by atoms with Crippen molar-refractivity contribution >= 4 is 11.7 Å². The van der Waals surface area contributed by atoms with Gasteiger partial charge in [0, 0.05) is 12.5 Å². The number of hydrogen-bond acceptors (Lipinski definition) is 5. The van der Waals surface area contributed by atoms with Crippen molar-refractivity contribution in [2.45, 2.75) is 19.8 Å². The zero-order valence-electron chi connectivity index (χ0n) is 11.9. The molecule has 0 aliphatic carbocycles. The number of carboxylic acid groups (broad SMARTS) is 1. The van der Waals surface area contributed by atoms with E-state index in [0.717, 1.165) is 0 Å². The number of carboxylic acids is 1. The Kier molecular flexibility index (Phi) is 6.61. The first kappa shape index (κ1) is 16.9. The van der Waals surface area contributed by atoms with E-state index in [4.69, 9.17) is 15.6 Å². The van der Waals surface area contributed by atoms with E-state index in [1.54, 1.807) is 12.1 Å². The van der Waals surface area contributed by atoms with Crippen LogP contribution in [0.1, 0.15) is 19.8 Å². The van der Waals surface area contributed by atoms with Gasteiger partial charge in [0.15, 0.2) is 0 Å². The average Bonchev–Trinajstić information content (AvgIpc) is 2.44. The summed E-state index contributed by atoms with van der Waals surface area (Å²) in [5.74, 6) is -0.417. The predicted octanol–water partition coefficient (Wildman–Crippen LogP) is 2.05. The average molecular weight is 296 g/mol. The number of hydrogen-bond donors (Lipinski definition) is 2. The molecule has 0 aromatic heterocycles. The van der Waals surface area contributed by atoms with Crippen LogP contribution in [0.4, 0.5) is 5.69 Å². The summed E-state index contributed by atoms with van der Waals surface area (Å²) >= 11 is 0. The van der Waals surface area contributed by atoms with Crippen LogP contribution in [0.25, 0.3) is 0 Å². The number of ether oxygens (including phenoxy) is 1. The summed E-state index contributed by atoms with van der Waals surface area (Å²) in [5, 5.41) is 19.4. The lowest BCUT2D eigenvalue weighted by Gasteiger charge is -2.18. The Hall–Kier alpha value is -2.15. The maximum atomic E-state index is 10.7. The van der Waals surface area contributed by atoms with Crippen LogP contribution in [0.2, 0.25) is 0 Å². The van der Waals surface area contributed by atoms with Crippen LogP contribution in [-0.2, 0) is 4.79 Å². The molecule has 0 saturated carbocycles. The highest BCUT2D eigenvalue weighted by molar-refractivity contribution is 5.67. The third kappa shape index (κ3) is 6.22. The van der Waals surface area contributed by atoms with Crippen LogP contribution in [0.3, 0.4) is 0 Å². The number of nitrogens with two attached hydrogens (primary N) is 1. The highest BCUT2D eigenvalue weighted by Crippen LogP contribution is 2.21. The van der Waals surface area contributed by atoms with Crippen molar-refractivity contribution in [2.75, 3.05) is 13.2 Å². The van der Waals surface area contributed by atoms with Gasteiger partial charge in [0.1, 0.15) is 5.75 Å². The summed E-state index contributed by atoms with van der Waals surface area (Å²) in [6.07, 6.45) is 0.676. The molecule has 7 nitrogen and oxygen atoms in total. The lowest BCUT2D eigenvalue weighted by atomic mass is 9.93. The fraction of sp³-hybridized carbons (Fsp3) is 0.500. The molecule has 0 bridgehead atoms. The van der Waals surface area contributed by atoms with Crippen LogP contribution in [0, 0.1) is 22.0 Å². The topological polar surface area (TPSA) is 116 Å². The normalized spacial score (nSPS) is 13.4. The number of nitro groups is 1. The third-order valence-corrected chi connectivity index (χ3v) is 3.10. The number of carbonyl (C=O) groups is 1. The van der Waals surface area contributed by atoms with E-state index in [1.165, 1.54) is 12.1 Å². The minimum Gasteiger partial charge on any atom is -0.493 e. The quantitative estimate of drug-likeness (QED) is 0.532. The summed E-state index contributed by atoms with van der Waals surface area (Å²) in [4.78, 5) is 20.9. The van der Waals surface area contributed by atoms with Crippen molar-refractivity contribution in [3.63, 3.8) is 0 Å². The molecular formula is C14H20N2O5. The van der Waals surface area contributed by atoms with Gasteiger partial charge in [0.25, 0.3) is 5.69 Å². The maximum absolute atomic E-state index is 10.7. The minimum atomic E-state index is -0.864. The van der Waals surface area contributed by atoms with Crippen LogP contribution in [-0.4, -0.2) is 29.2 Å². The van der Waals surface area contributed by atoms with E-state index in [2.05, 4.69) is 0 Å². The zero-order valence-corrected chi connectivity index (χ0v) is 11.9. The largest absolute Gasteiger partial charge is 0.493 e. The molecule has 0 radical (unpaired) electrons. The fourth-order valence-electron chi connectivity index (χ4n) is 2.07. The second-order valence-corrected chi connectivity index (χ2v) is 5.11.